The number of ether oxygens (including phenoxy) is 1. The van der Waals surface area contributed by atoms with Gasteiger partial charge < -0.3 is 10.1 Å². The lowest BCUT2D eigenvalue weighted by atomic mass is 9.89. The monoisotopic (exact) mass is 283 g/mol. The molecule has 0 aliphatic heterocycles. The van der Waals surface area contributed by atoms with Crippen LogP contribution in [0.4, 0.5) is 0 Å². The van der Waals surface area contributed by atoms with Crippen LogP contribution in [0.15, 0.2) is 36.4 Å². The molecule has 112 valence electrons. The number of hydrogen-bond donors (Lipinski definition) is 1. The fraction of sp³-hybridized carbons (Fsp3) is 0.474. The van der Waals surface area contributed by atoms with E-state index in [0.29, 0.717) is 5.41 Å². The molecule has 0 atom stereocenters. The van der Waals surface area contributed by atoms with Crippen LogP contribution in [0, 0.1) is 5.41 Å². The molecule has 0 saturated heterocycles. The van der Waals surface area contributed by atoms with Gasteiger partial charge in [0.1, 0.15) is 5.75 Å². The molecule has 0 bridgehead atoms. The summed E-state index contributed by atoms with van der Waals surface area (Å²) >= 11 is 0. The SMILES string of the molecule is COc1ccc2cc(CNCC3(C)CCCC3)ccc2c1. The van der Waals surface area contributed by atoms with Gasteiger partial charge in [-0.05, 0) is 52.8 Å². The molecular formula is C19H25NO. The first-order valence-electron chi connectivity index (χ1n) is 7.96. The van der Waals surface area contributed by atoms with E-state index in [9.17, 15) is 0 Å². The Labute approximate surface area is 127 Å². The van der Waals surface area contributed by atoms with E-state index in [1.165, 1.54) is 42.0 Å². The minimum atomic E-state index is 0.518. The molecule has 0 unspecified atom stereocenters. The van der Waals surface area contributed by atoms with Gasteiger partial charge in [0.2, 0.25) is 0 Å². The van der Waals surface area contributed by atoms with E-state index in [-0.39, 0.29) is 0 Å². The van der Waals surface area contributed by atoms with Crippen LogP contribution in [-0.2, 0) is 6.54 Å². The van der Waals surface area contributed by atoms with Crippen molar-refractivity contribution < 1.29 is 4.74 Å². The standard InChI is InChI=1S/C19H25NO/c1-19(9-3-4-10-19)14-20-13-15-5-6-17-12-18(21-2)8-7-16(17)11-15/h5-8,11-12,20H,3-4,9-10,13-14H2,1-2H3. The van der Waals surface area contributed by atoms with Crippen LogP contribution in [0.25, 0.3) is 10.8 Å². The Bertz CT molecular complexity index is 614. The van der Waals surface area contributed by atoms with Crippen molar-refractivity contribution in [2.45, 2.75) is 39.2 Å². The number of hydrogen-bond acceptors (Lipinski definition) is 2. The molecule has 2 aromatic rings. The molecule has 3 rings (SSSR count). The van der Waals surface area contributed by atoms with Crippen LogP contribution in [0.3, 0.4) is 0 Å². The Kier molecular flexibility index (Phi) is 4.16. The lowest BCUT2D eigenvalue weighted by Gasteiger charge is -2.23. The van der Waals surface area contributed by atoms with E-state index in [4.69, 9.17) is 4.74 Å². The highest BCUT2D eigenvalue weighted by Crippen LogP contribution is 2.36. The maximum absolute atomic E-state index is 5.27. The van der Waals surface area contributed by atoms with Crippen molar-refractivity contribution in [1.82, 2.24) is 5.32 Å². The molecule has 2 nitrogen and oxygen atoms in total. The van der Waals surface area contributed by atoms with E-state index >= 15 is 0 Å². The summed E-state index contributed by atoms with van der Waals surface area (Å²) in [6.45, 7) is 4.50. The first-order valence-corrected chi connectivity index (χ1v) is 7.96. The lowest BCUT2D eigenvalue weighted by molar-refractivity contribution is 0.314. The second kappa shape index (κ2) is 6.07. The summed E-state index contributed by atoms with van der Waals surface area (Å²) in [6.07, 6.45) is 5.54. The molecule has 1 fully saturated rings. The number of benzene rings is 2. The maximum atomic E-state index is 5.27. The zero-order valence-electron chi connectivity index (χ0n) is 13.1. The zero-order valence-corrected chi connectivity index (χ0v) is 13.1. The van der Waals surface area contributed by atoms with Crippen LogP contribution in [0.5, 0.6) is 5.75 Å². The van der Waals surface area contributed by atoms with Crippen molar-refractivity contribution in [3.63, 3.8) is 0 Å². The minimum absolute atomic E-state index is 0.518. The van der Waals surface area contributed by atoms with E-state index in [1.807, 2.05) is 6.07 Å². The quantitative estimate of drug-likeness (QED) is 0.871. The molecule has 1 aliphatic carbocycles. The van der Waals surface area contributed by atoms with Crippen LogP contribution >= 0.6 is 0 Å². The second-order valence-corrected chi connectivity index (χ2v) is 6.67. The number of fused-ring (bicyclic) bond motifs is 1. The summed E-state index contributed by atoms with van der Waals surface area (Å²) in [7, 11) is 1.71. The number of nitrogens with one attached hydrogen (secondary N) is 1. The summed E-state index contributed by atoms with van der Waals surface area (Å²) in [5.74, 6) is 0.919. The zero-order chi connectivity index (χ0) is 14.7. The van der Waals surface area contributed by atoms with Crippen LogP contribution in [0.2, 0.25) is 0 Å². The Morgan fingerprint density at radius 2 is 1.76 bits per heavy atom. The summed E-state index contributed by atoms with van der Waals surface area (Å²) in [4.78, 5) is 0. The maximum Gasteiger partial charge on any atom is 0.119 e. The third kappa shape index (κ3) is 3.38. The Morgan fingerprint density at radius 3 is 2.52 bits per heavy atom. The first-order chi connectivity index (χ1) is 10.2. The normalized spacial score (nSPS) is 17.2. The van der Waals surface area contributed by atoms with Crippen molar-refractivity contribution in [3.05, 3.63) is 42.0 Å². The van der Waals surface area contributed by atoms with Crippen LogP contribution < -0.4 is 10.1 Å². The predicted octanol–water partition coefficient (Wildman–Crippen LogP) is 4.52. The summed E-state index contributed by atoms with van der Waals surface area (Å²) in [6, 6.07) is 12.9. The number of rotatable bonds is 5. The van der Waals surface area contributed by atoms with E-state index < -0.39 is 0 Å². The predicted molar refractivity (Wildman–Crippen MR) is 88.8 cm³/mol. The molecular weight excluding hydrogens is 258 g/mol. The summed E-state index contributed by atoms with van der Waals surface area (Å²) in [5, 5.41) is 6.16. The van der Waals surface area contributed by atoms with Crippen molar-refractivity contribution in [3.8, 4) is 5.75 Å². The van der Waals surface area contributed by atoms with Crippen molar-refractivity contribution in [2.24, 2.45) is 5.41 Å². The van der Waals surface area contributed by atoms with Gasteiger partial charge in [-0.3, -0.25) is 0 Å². The van der Waals surface area contributed by atoms with E-state index in [2.05, 4.69) is 42.6 Å². The average molecular weight is 283 g/mol. The highest BCUT2D eigenvalue weighted by Gasteiger charge is 2.27. The lowest BCUT2D eigenvalue weighted by Crippen LogP contribution is -2.29. The van der Waals surface area contributed by atoms with Crippen molar-refractivity contribution >= 4 is 10.8 Å². The van der Waals surface area contributed by atoms with Crippen LogP contribution in [-0.4, -0.2) is 13.7 Å². The van der Waals surface area contributed by atoms with E-state index in [0.717, 1.165) is 18.8 Å². The van der Waals surface area contributed by atoms with Gasteiger partial charge in [-0.15, -0.1) is 0 Å². The second-order valence-electron chi connectivity index (χ2n) is 6.67. The minimum Gasteiger partial charge on any atom is -0.497 e. The molecule has 2 heteroatoms. The van der Waals surface area contributed by atoms with E-state index in [1.54, 1.807) is 7.11 Å². The number of methoxy groups -OCH3 is 1. The van der Waals surface area contributed by atoms with Gasteiger partial charge in [-0.25, -0.2) is 0 Å². The van der Waals surface area contributed by atoms with Crippen LogP contribution in [0.1, 0.15) is 38.2 Å². The Hall–Kier alpha value is -1.54. The topological polar surface area (TPSA) is 21.3 Å². The van der Waals surface area contributed by atoms with Gasteiger partial charge in [0, 0.05) is 13.1 Å². The molecule has 1 aliphatic rings. The van der Waals surface area contributed by atoms with Gasteiger partial charge in [-0.1, -0.05) is 38.0 Å². The molecule has 0 aromatic heterocycles. The first kappa shape index (κ1) is 14.4. The summed E-state index contributed by atoms with van der Waals surface area (Å²) < 4.78 is 5.27. The Morgan fingerprint density at radius 1 is 1.05 bits per heavy atom. The van der Waals surface area contributed by atoms with Crippen molar-refractivity contribution in [1.29, 1.82) is 0 Å². The molecule has 0 heterocycles. The molecule has 1 N–H and O–H groups in total. The average Bonchev–Trinajstić information content (AvgIpc) is 2.93. The van der Waals surface area contributed by atoms with Gasteiger partial charge >= 0.3 is 0 Å². The smallest absolute Gasteiger partial charge is 0.119 e. The van der Waals surface area contributed by atoms with Gasteiger partial charge in [0.15, 0.2) is 0 Å². The summed E-state index contributed by atoms with van der Waals surface area (Å²) in [5.41, 5.74) is 1.87. The highest BCUT2D eigenvalue weighted by molar-refractivity contribution is 5.84. The third-order valence-corrected chi connectivity index (χ3v) is 4.80. The molecule has 1 saturated carbocycles. The highest BCUT2D eigenvalue weighted by atomic mass is 16.5. The molecule has 2 aromatic carbocycles. The molecule has 0 amide bonds. The Balaban J connectivity index is 1.64. The van der Waals surface area contributed by atoms with Gasteiger partial charge in [0.25, 0.3) is 0 Å². The third-order valence-electron chi connectivity index (χ3n) is 4.80. The van der Waals surface area contributed by atoms with Gasteiger partial charge in [0.05, 0.1) is 7.11 Å². The fourth-order valence-electron chi connectivity index (χ4n) is 3.42. The molecule has 0 radical (unpaired) electrons. The van der Waals surface area contributed by atoms with Crippen molar-refractivity contribution in [2.75, 3.05) is 13.7 Å². The molecule has 0 spiro atoms. The molecule has 21 heavy (non-hydrogen) atoms. The van der Waals surface area contributed by atoms with Gasteiger partial charge in [-0.2, -0.15) is 0 Å². The fourth-order valence-corrected chi connectivity index (χ4v) is 3.42. The largest absolute Gasteiger partial charge is 0.497 e.